The normalized spacial score (nSPS) is 18.9. The molecule has 2 aliphatic rings. The third-order valence-electron chi connectivity index (χ3n) is 6.12. The van der Waals surface area contributed by atoms with Crippen LogP contribution in [0, 0.1) is 18.2 Å². The molecule has 0 fully saturated rings. The highest BCUT2D eigenvalue weighted by molar-refractivity contribution is 7.16. The van der Waals surface area contributed by atoms with Gasteiger partial charge in [0.15, 0.2) is 5.82 Å². The van der Waals surface area contributed by atoms with E-state index in [2.05, 4.69) is 21.7 Å². The summed E-state index contributed by atoms with van der Waals surface area (Å²) in [6, 6.07) is 1.64. The van der Waals surface area contributed by atoms with E-state index >= 15 is 0 Å². The van der Waals surface area contributed by atoms with Crippen LogP contribution in [0.5, 0.6) is 0 Å². The summed E-state index contributed by atoms with van der Waals surface area (Å²) in [4.78, 5) is 30.5. The predicted molar refractivity (Wildman–Crippen MR) is 132 cm³/mol. The van der Waals surface area contributed by atoms with E-state index < -0.39 is 51.4 Å². The quantitative estimate of drug-likeness (QED) is 0.284. The number of carbonyl (C=O) groups is 2. The molecule has 0 saturated heterocycles. The SMILES string of the molecule is C#CCNC(=O)CNC(=O)c1sc(C2=NOC(c3cc(Cl)c(F)c(Cl)c3)(C(F)(F)F)C2)c2c1CCCC2. The average Bonchev–Trinajstić information content (AvgIpc) is 3.47. The van der Waals surface area contributed by atoms with Crippen molar-refractivity contribution < 1.29 is 32.0 Å². The van der Waals surface area contributed by atoms with Gasteiger partial charge in [-0.1, -0.05) is 34.3 Å². The predicted octanol–water partition coefficient (Wildman–Crippen LogP) is 5.13. The number of hydrogen-bond acceptors (Lipinski definition) is 5. The molecule has 37 heavy (non-hydrogen) atoms. The molecular formula is C24H19Cl2F4N3O3S. The van der Waals surface area contributed by atoms with Gasteiger partial charge in [0.1, 0.15) is 5.71 Å². The maximum atomic E-state index is 14.4. The van der Waals surface area contributed by atoms with Crippen molar-refractivity contribution in [2.75, 3.05) is 13.1 Å². The summed E-state index contributed by atoms with van der Waals surface area (Å²) in [6.45, 7) is -0.297. The van der Waals surface area contributed by atoms with Crippen molar-refractivity contribution in [3.05, 3.63) is 54.4 Å². The summed E-state index contributed by atoms with van der Waals surface area (Å²) in [7, 11) is 0. The molecule has 1 atom stereocenters. The summed E-state index contributed by atoms with van der Waals surface area (Å²) in [5.41, 5.74) is -1.98. The summed E-state index contributed by atoms with van der Waals surface area (Å²) in [5, 5.41) is 7.57. The second kappa shape index (κ2) is 10.5. The van der Waals surface area contributed by atoms with Crippen molar-refractivity contribution in [2.45, 2.75) is 43.9 Å². The standard InChI is InChI=1S/C24H19Cl2F4N3O3S/c1-2-7-31-18(34)11-32-22(35)21-14-6-4-3-5-13(14)20(37-21)17-10-23(36-33-17,24(28,29)30)12-8-15(25)19(27)16(26)9-12/h1,8-9H,3-7,10-11H2,(H,31,34)(H,32,35). The molecule has 2 amide bonds. The van der Waals surface area contributed by atoms with Gasteiger partial charge in [-0.25, -0.2) is 4.39 Å². The topological polar surface area (TPSA) is 79.8 Å². The third kappa shape index (κ3) is 5.15. The lowest BCUT2D eigenvalue weighted by atomic mass is 9.85. The number of terminal acetylenes is 1. The first-order valence-corrected chi connectivity index (χ1v) is 12.7. The number of carbonyl (C=O) groups excluding carboxylic acids is 2. The third-order valence-corrected chi connectivity index (χ3v) is 7.99. The van der Waals surface area contributed by atoms with Crippen molar-refractivity contribution in [1.29, 1.82) is 0 Å². The second-order valence-corrected chi connectivity index (χ2v) is 10.3. The number of benzene rings is 1. The summed E-state index contributed by atoms with van der Waals surface area (Å²) in [5.74, 6) is 0.209. The molecule has 2 aromatic rings. The number of amides is 2. The summed E-state index contributed by atoms with van der Waals surface area (Å²) >= 11 is 12.6. The Hall–Kier alpha value is -2.81. The Kier molecular flexibility index (Phi) is 7.74. The molecule has 2 heterocycles. The Balaban J connectivity index is 1.66. The van der Waals surface area contributed by atoms with Crippen molar-refractivity contribution >= 4 is 52.1 Å². The molecule has 6 nitrogen and oxygen atoms in total. The lowest BCUT2D eigenvalue weighted by molar-refractivity contribution is -0.275. The van der Waals surface area contributed by atoms with Crippen LogP contribution >= 0.6 is 34.5 Å². The smallest absolute Gasteiger partial charge is 0.374 e. The minimum atomic E-state index is -4.95. The summed E-state index contributed by atoms with van der Waals surface area (Å²) in [6.07, 6.45) is 2.10. The van der Waals surface area contributed by atoms with Gasteiger partial charge < -0.3 is 15.5 Å². The number of rotatable bonds is 6. The largest absolute Gasteiger partial charge is 0.435 e. The number of oxime groups is 1. The Morgan fingerprint density at radius 2 is 1.81 bits per heavy atom. The van der Waals surface area contributed by atoms with Gasteiger partial charge in [0.05, 0.1) is 39.3 Å². The van der Waals surface area contributed by atoms with Crippen molar-refractivity contribution in [2.24, 2.45) is 5.16 Å². The maximum absolute atomic E-state index is 14.4. The van der Waals surface area contributed by atoms with Crippen LogP contribution in [-0.2, 0) is 28.1 Å². The number of halogens is 6. The molecule has 1 unspecified atom stereocenters. The van der Waals surface area contributed by atoms with E-state index in [-0.39, 0.29) is 18.8 Å². The van der Waals surface area contributed by atoms with Crippen LogP contribution in [0.2, 0.25) is 10.0 Å². The van der Waals surface area contributed by atoms with E-state index in [0.29, 0.717) is 28.2 Å². The molecule has 0 saturated carbocycles. The van der Waals surface area contributed by atoms with E-state index in [0.717, 1.165) is 41.9 Å². The van der Waals surface area contributed by atoms with Crippen molar-refractivity contribution in [3.63, 3.8) is 0 Å². The Bertz CT molecular complexity index is 1310. The van der Waals surface area contributed by atoms with Crippen LogP contribution in [-0.4, -0.2) is 36.8 Å². The number of hydrogen-bond donors (Lipinski definition) is 2. The Morgan fingerprint density at radius 1 is 1.16 bits per heavy atom. The van der Waals surface area contributed by atoms with Crippen molar-refractivity contribution in [1.82, 2.24) is 10.6 Å². The first kappa shape index (κ1) is 27.2. The zero-order valence-electron chi connectivity index (χ0n) is 19.0. The molecule has 2 N–H and O–H groups in total. The van der Waals surface area contributed by atoms with Gasteiger partial charge in [0.25, 0.3) is 11.5 Å². The molecule has 196 valence electrons. The number of thiophene rings is 1. The zero-order valence-corrected chi connectivity index (χ0v) is 21.4. The Morgan fingerprint density at radius 3 is 2.43 bits per heavy atom. The van der Waals surface area contributed by atoms with Crippen LogP contribution in [0.15, 0.2) is 17.3 Å². The van der Waals surface area contributed by atoms with Gasteiger partial charge in [-0.05, 0) is 48.9 Å². The van der Waals surface area contributed by atoms with E-state index in [1.54, 1.807) is 0 Å². The summed E-state index contributed by atoms with van der Waals surface area (Å²) < 4.78 is 57.1. The fourth-order valence-electron chi connectivity index (χ4n) is 4.32. The number of fused-ring (bicyclic) bond motifs is 1. The molecule has 0 spiro atoms. The van der Waals surface area contributed by atoms with Crippen LogP contribution in [0.4, 0.5) is 17.6 Å². The van der Waals surface area contributed by atoms with Crippen LogP contribution in [0.25, 0.3) is 0 Å². The number of alkyl halides is 3. The van der Waals surface area contributed by atoms with Gasteiger partial charge >= 0.3 is 6.18 Å². The molecule has 1 aliphatic carbocycles. The molecule has 0 bridgehead atoms. The highest BCUT2D eigenvalue weighted by Gasteiger charge is 2.63. The van der Waals surface area contributed by atoms with Crippen molar-refractivity contribution in [3.8, 4) is 12.3 Å². The monoisotopic (exact) mass is 575 g/mol. The second-order valence-electron chi connectivity index (χ2n) is 8.47. The fraction of sp³-hybridized carbons (Fsp3) is 0.375. The number of nitrogens with zero attached hydrogens (tertiary/aromatic N) is 1. The highest BCUT2D eigenvalue weighted by Crippen LogP contribution is 2.51. The average molecular weight is 576 g/mol. The molecule has 4 rings (SSSR count). The van der Waals surface area contributed by atoms with Gasteiger partial charge in [0, 0.05) is 5.56 Å². The fourth-order valence-corrected chi connectivity index (χ4v) is 6.10. The van der Waals surface area contributed by atoms with Gasteiger partial charge in [-0.3, -0.25) is 9.59 Å². The molecular weight excluding hydrogens is 557 g/mol. The van der Waals surface area contributed by atoms with Gasteiger partial charge in [0.2, 0.25) is 5.91 Å². The lowest BCUT2D eigenvalue weighted by Gasteiger charge is -2.29. The van der Waals surface area contributed by atoms with Gasteiger partial charge in [-0.15, -0.1) is 17.8 Å². The van der Waals surface area contributed by atoms with Gasteiger partial charge in [-0.2, -0.15) is 13.2 Å². The number of nitrogens with one attached hydrogen (secondary N) is 2. The Labute approximate surface area is 223 Å². The lowest BCUT2D eigenvalue weighted by Crippen LogP contribution is -2.42. The molecule has 1 aliphatic heterocycles. The zero-order chi connectivity index (χ0) is 27.0. The maximum Gasteiger partial charge on any atom is 0.435 e. The first-order chi connectivity index (χ1) is 17.5. The van der Waals surface area contributed by atoms with Crippen LogP contribution in [0.1, 0.15) is 50.5 Å². The molecule has 0 radical (unpaired) electrons. The van der Waals surface area contributed by atoms with Crippen LogP contribution in [0.3, 0.4) is 0 Å². The van der Waals surface area contributed by atoms with E-state index in [1.165, 1.54) is 0 Å². The molecule has 1 aromatic heterocycles. The highest BCUT2D eigenvalue weighted by atomic mass is 35.5. The van der Waals surface area contributed by atoms with E-state index in [4.69, 9.17) is 34.5 Å². The minimum absolute atomic E-state index is 0.00265. The van der Waals surface area contributed by atoms with E-state index in [9.17, 15) is 27.2 Å². The first-order valence-electron chi connectivity index (χ1n) is 11.1. The van der Waals surface area contributed by atoms with E-state index in [1.807, 2.05) is 0 Å². The molecule has 1 aromatic carbocycles. The minimum Gasteiger partial charge on any atom is -0.374 e. The molecule has 13 heteroatoms. The van der Waals surface area contributed by atoms with Crippen LogP contribution < -0.4 is 10.6 Å².